The Kier molecular flexibility index (Phi) is 7.23. The van der Waals surface area contributed by atoms with Gasteiger partial charge < -0.3 is 20.5 Å². The van der Waals surface area contributed by atoms with Crippen molar-refractivity contribution in [3.63, 3.8) is 0 Å². The molecule has 0 fully saturated rings. The molecule has 2 aromatic carbocycles. The number of hydrogen-bond donors (Lipinski definition) is 2. The quantitative estimate of drug-likeness (QED) is 0.270. The predicted molar refractivity (Wildman–Crippen MR) is 139 cm³/mol. The molecule has 4 aromatic rings. The largest absolute Gasteiger partial charge is 0.492 e. The van der Waals surface area contributed by atoms with Gasteiger partial charge in [-0.2, -0.15) is 5.26 Å². The maximum atomic E-state index is 10.0. The van der Waals surface area contributed by atoms with Crippen LogP contribution in [0.25, 0.3) is 10.9 Å². The molecule has 0 bridgehead atoms. The van der Waals surface area contributed by atoms with Gasteiger partial charge in [-0.3, -0.25) is 9.97 Å². The van der Waals surface area contributed by atoms with E-state index in [1.54, 1.807) is 24.4 Å². The van der Waals surface area contributed by atoms with E-state index in [0.29, 0.717) is 63.6 Å². The lowest BCUT2D eigenvalue weighted by Gasteiger charge is -2.18. The van der Waals surface area contributed by atoms with Gasteiger partial charge in [0.15, 0.2) is 0 Å². The number of halogens is 1. The molecule has 4 rings (SSSR count). The third-order valence-corrected chi connectivity index (χ3v) is 5.70. The highest BCUT2D eigenvalue weighted by molar-refractivity contribution is 6.32. The van der Waals surface area contributed by atoms with E-state index in [0.717, 1.165) is 11.1 Å². The number of benzene rings is 2. The highest BCUT2D eigenvalue weighted by atomic mass is 35.5. The van der Waals surface area contributed by atoms with E-state index in [2.05, 4.69) is 16.4 Å². The topological polar surface area (TPSA) is 106 Å². The molecular weight excluding hydrogens is 462 g/mol. The summed E-state index contributed by atoms with van der Waals surface area (Å²) in [5.41, 5.74) is 10.7. The Labute approximate surface area is 209 Å². The van der Waals surface area contributed by atoms with Crippen molar-refractivity contribution in [2.75, 3.05) is 17.7 Å². The van der Waals surface area contributed by atoms with Crippen LogP contribution in [0.2, 0.25) is 5.02 Å². The van der Waals surface area contributed by atoms with Crippen LogP contribution in [0.15, 0.2) is 54.7 Å². The molecule has 0 atom stereocenters. The van der Waals surface area contributed by atoms with E-state index >= 15 is 0 Å². The highest BCUT2D eigenvalue weighted by Gasteiger charge is 2.19. The summed E-state index contributed by atoms with van der Waals surface area (Å²) in [7, 11) is 0. The number of pyridine rings is 2. The molecule has 0 saturated carbocycles. The summed E-state index contributed by atoms with van der Waals surface area (Å²) in [5.74, 6) is 1.14. The van der Waals surface area contributed by atoms with Gasteiger partial charge in [0.25, 0.3) is 0 Å². The van der Waals surface area contributed by atoms with E-state index in [9.17, 15) is 5.26 Å². The number of nitrogens with one attached hydrogen (secondary N) is 1. The lowest BCUT2D eigenvalue weighted by molar-refractivity contribution is 0.301. The first kappa shape index (κ1) is 24.1. The Morgan fingerprint density at radius 1 is 1.11 bits per heavy atom. The monoisotopic (exact) mass is 487 g/mol. The molecule has 3 N–H and O–H groups in total. The van der Waals surface area contributed by atoms with E-state index in [4.69, 9.17) is 31.8 Å². The molecule has 178 valence electrons. The number of aromatic nitrogens is 2. The van der Waals surface area contributed by atoms with E-state index in [-0.39, 0.29) is 5.92 Å². The SMILES string of the molecule is CCOc1cc2nc(C(C)C)c(C#N)c(Nc3ccc(OCc4ccccn4)c(Cl)c3)c2cc1N. The zero-order valence-electron chi connectivity index (χ0n) is 19.8. The second-order valence-corrected chi connectivity index (χ2v) is 8.64. The average molecular weight is 488 g/mol. The molecule has 7 nitrogen and oxygen atoms in total. The summed E-state index contributed by atoms with van der Waals surface area (Å²) in [6.45, 7) is 6.70. The number of nitrogens with two attached hydrogens (primary N) is 1. The number of hydrogen-bond acceptors (Lipinski definition) is 7. The van der Waals surface area contributed by atoms with Crippen molar-refractivity contribution in [2.24, 2.45) is 0 Å². The van der Waals surface area contributed by atoms with Crippen LogP contribution >= 0.6 is 11.6 Å². The van der Waals surface area contributed by atoms with Gasteiger partial charge in [0.05, 0.1) is 45.5 Å². The van der Waals surface area contributed by atoms with Crippen molar-refractivity contribution in [3.05, 3.63) is 76.7 Å². The van der Waals surface area contributed by atoms with Crippen molar-refractivity contribution in [2.45, 2.75) is 33.3 Å². The Hall–Kier alpha value is -4.02. The molecule has 0 spiro atoms. The molecule has 0 aliphatic carbocycles. The van der Waals surface area contributed by atoms with Crippen molar-refractivity contribution >= 4 is 39.6 Å². The summed E-state index contributed by atoms with van der Waals surface area (Å²) >= 11 is 6.52. The van der Waals surface area contributed by atoms with Crippen molar-refractivity contribution < 1.29 is 9.47 Å². The molecule has 0 radical (unpaired) electrons. The molecular formula is C27H26ClN5O2. The third-order valence-electron chi connectivity index (χ3n) is 5.41. The fraction of sp³-hybridized carbons (Fsp3) is 0.222. The first-order valence-corrected chi connectivity index (χ1v) is 11.7. The number of nitrogens with zero attached hydrogens (tertiary/aromatic N) is 3. The molecule has 2 heterocycles. The Morgan fingerprint density at radius 2 is 1.94 bits per heavy atom. The van der Waals surface area contributed by atoms with Gasteiger partial charge >= 0.3 is 0 Å². The van der Waals surface area contributed by atoms with Crippen LogP contribution < -0.4 is 20.5 Å². The van der Waals surface area contributed by atoms with Gasteiger partial charge in [-0.15, -0.1) is 0 Å². The molecule has 0 aliphatic heterocycles. The molecule has 0 unspecified atom stereocenters. The first-order valence-electron chi connectivity index (χ1n) is 11.3. The van der Waals surface area contributed by atoms with Crippen LogP contribution in [-0.4, -0.2) is 16.6 Å². The van der Waals surface area contributed by atoms with Crippen LogP contribution in [0.3, 0.4) is 0 Å². The Bertz CT molecular complexity index is 1400. The van der Waals surface area contributed by atoms with Crippen LogP contribution in [0.5, 0.6) is 11.5 Å². The summed E-state index contributed by atoms with van der Waals surface area (Å²) < 4.78 is 11.5. The van der Waals surface area contributed by atoms with E-state index in [1.165, 1.54) is 0 Å². The highest BCUT2D eigenvalue weighted by Crippen LogP contribution is 2.38. The summed E-state index contributed by atoms with van der Waals surface area (Å²) in [5, 5.41) is 14.6. The summed E-state index contributed by atoms with van der Waals surface area (Å²) in [6, 6.07) is 17.0. The van der Waals surface area contributed by atoms with Crippen molar-refractivity contribution in [1.82, 2.24) is 9.97 Å². The zero-order chi connectivity index (χ0) is 24.9. The minimum absolute atomic E-state index is 0.0358. The fourth-order valence-corrected chi connectivity index (χ4v) is 3.98. The fourth-order valence-electron chi connectivity index (χ4n) is 3.74. The predicted octanol–water partition coefficient (Wildman–Crippen LogP) is 6.58. The molecule has 8 heteroatoms. The van der Waals surface area contributed by atoms with Crippen LogP contribution in [-0.2, 0) is 6.61 Å². The van der Waals surface area contributed by atoms with Crippen molar-refractivity contribution in [1.29, 1.82) is 5.26 Å². The smallest absolute Gasteiger partial charge is 0.144 e. The second-order valence-electron chi connectivity index (χ2n) is 8.23. The van der Waals surface area contributed by atoms with E-state index in [1.807, 2.05) is 51.1 Å². The number of ether oxygens (including phenoxy) is 2. The molecule has 35 heavy (non-hydrogen) atoms. The average Bonchev–Trinajstić information content (AvgIpc) is 2.85. The minimum Gasteiger partial charge on any atom is -0.492 e. The number of nitrogen functional groups attached to an aromatic ring is 1. The van der Waals surface area contributed by atoms with Crippen LogP contribution in [0, 0.1) is 11.3 Å². The van der Waals surface area contributed by atoms with Gasteiger partial charge in [-0.05, 0) is 49.2 Å². The lowest BCUT2D eigenvalue weighted by Crippen LogP contribution is -2.06. The van der Waals surface area contributed by atoms with Crippen LogP contribution in [0.1, 0.15) is 43.6 Å². The summed E-state index contributed by atoms with van der Waals surface area (Å²) in [6.07, 6.45) is 1.72. The van der Waals surface area contributed by atoms with Crippen molar-refractivity contribution in [3.8, 4) is 17.6 Å². The van der Waals surface area contributed by atoms with Gasteiger partial charge in [-0.1, -0.05) is 31.5 Å². The van der Waals surface area contributed by atoms with Gasteiger partial charge in [0.1, 0.15) is 24.2 Å². The number of anilines is 3. The van der Waals surface area contributed by atoms with Gasteiger partial charge in [-0.25, -0.2) is 0 Å². The molecule has 0 saturated heterocycles. The standard InChI is InChI=1S/C27H26ClN5O2/c1-4-34-25-13-23-19(12-22(25)30)27(20(14-29)26(33-23)16(2)3)32-17-8-9-24(21(28)11-17)35-15-18-7-5-6-10-31-18/h5-13,16H,4,15,30H2,1-3H3,(H,32,33). The number of nitriles is 1. The maximum Gasteiger partial charge on any atom is 0.144 e. The lowest BCUT2D eigenvalue weighted by atomic mass is 9.99. The number of fused-ring (bicyclic) bond motifs is 1. The van der Waals surface area contributed by atoms with Crippen LogP contribution in [0.4, 0.5) is 17.1 Å². The minimum atomic E-state index is 0.0358. The summed E-state index contributed by atoms with van der Waals surface area (Å²) in [4.78, 5) is 9.02. The molecule has 2 aromatic heterocycles. The second kappa shape index (κ2) is 10.5. The van der Waals surface area contributed by atoms with Gasteiger partial charge in [0.2, 0.25) is 0 Å². The normalized spacial score (nSPS) is 10.9. The molecule has 0 amide bonds. The Balaban J connectivity index is 1.72. The van der Waals surface area contributed by atoms with Gasteiger partial charge in [0, 0.05) is 23.3 Å². The third kappa shape index (κ3) is 5.23. The maximum absolute atomic E-state index is 10.0. The van der Waals surface area contributed by atoms with E-state index < -0.39 is 0 Å². The Morgan fingerprint density at radius 3 is 2.60 bits per heavy atom. The molecule has 0 aliphatic rings. The first-order chi connectivity index (χ1) is 16.9. The zero-order valence-corrected chi connectivity index (χ0v) is 20.6. The number of rotatable bonds is 8.